The van der Waals surface area contributed by atoms with Gasteiger partial charge in [-0.05, 0) is 11.8 Å². The second-order valence-corrected chi connectivity index (χ2v) is 11.6. The van der Waals surface area contributed by atoms with Gasteiger partial charge >= 0.3 is 35.6 Å². The Labute approximate surface area is 192 Å². The van der Waals surface area contributed by atoms with Crippen LogP contribution in [-0.4, -0.2) is 25.2 Å². The quantitative estimate of drug-likeness (QED) is 0.227. The predicted molar refractivity (Wildman–Crippen MR) is 123 cm³/mol. The minimum atomic E-state index is -0.556. The number of nitrogens with zero attached hydrogens (tertiary/aromatic N) is 2. The van der Waals surface area contributed by atoms with Crippen molar-refractivity contribution in [3.8, 4) is 0 Å². The van der Waals surface area contributed by atoms with Crippen LogP contribution in [-0.2, 0) is 17.0 Å². The molecular weight excluding hydrogens is 423 g/mol. The SMILES string of the molecule is CCC(C)C1CCCCC1[N-]CCC[N-]C1CCCCC1C(C)CC.[Cl][Ti][Cl]. The van der Waals surface area contributed by atoms with E-state index in [1.54, 1.807) is 0 Å². The molecule has 0 heterocycles. The topological polar surface area (TPSA) is 28.2 Å². The summed E-state index contributed by atoms with van der Waals surface area (Å²) in [5.74, 6) is 3.39. The molecule has 0 bridgehead atoms. The summed E-state index contributed by atoms with van der Waals surface area (Å²) < 4.78 is 0. The fourth-order valence-electron chi connectivity index (χ4n) is 5.25. The molecule has 0 spiro atoms. The van der Waals surface area contributed by atoms with Gasteiger partial charge in [0.15, 0.2) is 0 Å². The molecule has 6 atom stereocenters. The van der Waals surface area contributed by atoms with Gasteiger partial charge < -0.3 is 10.6 Å². The van der Waals surface area contributed by atoms with Crippen molar-refractivity contribution in [2.45, 2.75) is 110 Å². The van der Waals surface area contributed by atoms with Crippen molar-refractivity contribution in [1.29, 1.82) is 0 Å². The molecule has 166 valence electrons. The molecule has 0 aromatic heterocycles. The molecule has 2 aliphatic rings. The third-order valence-electron chi connectivity index (χ3n) is 7.36. The Morgan fingerprint density at radius 3 is 1.46 bits per heavy atom. The molecule has 2 rings (SSSR count). The van der Waals surface area contributed by atoms with Crippen LogP contribution in [0.3, 0.4) is 0 Å². The average molecular weight is 467 g/mol. The molecular formula is C23H44Cl2N2Ti-2. The Balaban J connectivity index is 0.00000122. The van der Waals surface area contributed by atoms with Crippen molar-refractivity contribution < 1.29 is 17.0 Å². The molecule has 0 radical (unpaired) electrons. The van der Waals surface area contributed by atoms with Crippen LogP contribution in [0.15, 0.2) is 0 Å². The van der Waals surface area contributed by atoms with E-state index in [-0.39, 0.29) is 0 Å². The first-order valence-electron chi connectivity index (χ1n) is 11.9. The van der Waals surface area contributed by atoms with Gasteiger partial charge in [-0.2, -0.15) is 13.1 Å². The normalized spacial score (nSPS) is 30.1. The van der Waals surface area contributed by atoms with Crippen molar-refractivity contribution in [1.82, 2.24) is 0 Å². The first-order valence-corrected chi connectivity index (χ1v) is 16.2. The Kier molecular flexibility index (Phi) is 16.4. The summed E-state index contributed by atoms with van der Waals surface area (Å²) >= 11 is -0.556. The summed E-state index contributed by atoms with van der Waals surface area (Å²) in [5.41, 5.74) is 0. The van der Waals surface area contributed by atoms with E-state index in [4.69, 9.17) is 29.2 Å². The Morgan fingerprint density at radius 1 is 0.750 bits per heavy atom. The zero-order valence-corrected chi connectivity index (χ0v) is 21.9. The van der Waals surface area contributed by atoms with E-state index in [0.29, 0.717) is 12.1 Å². The molecule has 28 heavy (non-hydrogen) atoms. The average Bonchev–Trinajstić information content (AvgIpc) is 2.73. The fraction of sp³-hybridized carbons (Fsp3) is 1.00. The Morgan fingerprint density at radius 2 is 1.11 bits per heavy atom. The monoisotopic (exact) mass is 466 g/mol. The van der Waals surface area contributed by atoms with Crippen LogP contribution in [0, 0.1) is 23.7 Å². The molecule has 5 heteroatoms. The summed E-state index contributed by atoms with van der Waals surface area (Å²) in [7, 11) is 9.78. The Hall–Kier alpha value is 1.21. The van der Waals surface area contributed by atoms with E-state index in [1.807, 2.05) is 0 Å². The van der Waals surface area contributed by atoms with Crippen molar-refractivity contribution in [2.24, 2.45) is 23.7 Å². The van der Waals surface area contributed by atoms with Crippen molar-refractivity contribution in [3.63, 3.8) is 0 Å². The third kappa shape index (κ3) is 10.0. The molecule has 2 nitrogen and oxygen atoms in total. The summed E-state index contributed by atoms with van der Waals surface area (Å²) in [6.07, 6.45) is 14.9. The molecule has 0 N–H and O–H groups in total. The van der Waals surface area contributed by atoms with Crippen molar-refractivity contribution >= 4 is 18.6 Å². The second-order valence-electron chi connectivity index (χ2n) is 9.04. The van der Waals surface area contributed by atoms with Gasteiger partial charge in [-0.1, -0.05) is 110 Å². The number of hydrogen-bond donors (Lipinski definition) is 0. The van der Waals surface area contributed by atoms with Crippen LogP contribution in [0.2, 0.25) is 0 Å². The van der Waals surface area contributed by atoms with Crippen molar-refractivity contribution in [2.75, 3.05) is 13.1 Å². The molecule has 6 unspecified atom stereocenters. The van der Waals surface area contributed by atoms with Gasteiger partial charge in [0.05, 0.1) is 0 Å². The molecule has 0 aromatic rings. The maximum absolute atomic E-state index is 5.13. The number of hydrogen-bond acceptors (Lipinski definition) is 0. The van der Waals surface area contributed by atoms with Crippen LogP contribution < -0.4 is 0 Å². The first kappa shape index (κ1) is 27.2. The van der Waals surface area contributed by atoms with Crippen LogP contribution in [0.5, 0.6) is 0 Å². The number of halogens is 2. The fourth-order valence-corrected chi connectivity index (χ4v) is 5.25. The zero-order chi connectivity index (χ0) is 20.8. The molecule has 2 saturated carbocycles. The van der Waals surface area contributed by atoms with E-state index < -0.39 is 17.0 Å². The van der Waals surface area contributed by atoms with Crippen LogP contribution in [0.1, 0.15) is 98.3 Å². The minimum absolute atomic E-state index is 0.556. The van der Waals surface area contributed by atoms with Crippen molar-refractivity contribution in [3.05, 3.63) is 10.6 Å². The third-order valence-corrected chi connectivity index (χ3v) is 7.36. The number of rotatable bonds is 10. The molecule has 2 fully saturated rings. The van der Waals surface area contributed by atoms with E-state index in [0.717, 1.165) is 36.8 Å². The van der Waals surface area contributed by atoms with Gasteiger partial charge in [0, 0.05) is 0 Å². The summed E-state index contributed by atoms with van der Waals surface area (Å²) in [5, 5.41) is 10.3. The van der Waals surface area contributed by atoms with E-state index >= 15 is 0 Å². The van der Waals surface area contributed by atoms with Crippen LogP contribution in [0.25, 0.3) is 10.6 Å². The van der Waals surface area contributed by atoms with Gasteiger partial charge in [0.1, 0.15) is 0 Å². The molecule has 0 aromatic carbocycles. The standard InChI is InChI=1S/C23H44N2.2ClH.Ti/c1-5-18(3)20-12-7-9-14-22(20)24-16-11-17-25-23-15-10-8-13-21(23)19(4)6-2;;;/h18-23H,5-17H2,1-4H3;2*1H;/q-2;;;+2/p-2. The molecule has 0 saturated heterocycles. The van der Waals surface area contributed by atoms with Gasteiger partial charge in [-0.25, -0.2) is 0 Å². The summed E-state index contributed by atoms with van der Waals surface area (Å²) in [6, 6.07) is 1.29. The first-order chi connectivity index (χ1) is 13.6. The second kappa shape index (κ2) is 16.9. The van der Waals surface area contributed by atoms with Gasteiger partial charge in [0.2, 0.25) is 0 Å². The van der Waals surface area contributed by atoms with Gasteiger partial charge in [-0.15, -0.1) is 12.1 Å². The molecule has 0 amide bonds. The van der Waals surface area contributed by atoms with Gasteiger partial charge in [-0.3, -0.25) is 0 Å². The Bertz CT molecular complexity index is 341. The van der Waals surface area contributed by atoms with E-state index in [9.17, 15) is 0 Å². The predicted octanol–water partition coefficient (Wildman–Crippen LogP) is 8.71. The molecule has 2 aliphatic carbocycles. The van der Waals surface area contributed by atoms with Crippen LogP contribution >= 0.6 is 18.6 Å². The maximum atomic E-state index is 5.13. The van der Waals surface area contributed by atoms with E-state index in [2.05, 4.69) is 27.7 Å². The van der Waals surface area contributed by atoms with Crippen LogP contribution in [0.4, 0.5) is 0 Å². The summed E-state index contributed by atoms with van der Waals surface area (Å²) in [6.45, 7) is 11.6. The molecule has 0 aliphatic heterocycles. The summed E-state index contributed by atoms with van der Waals surface area (Å²) in [4.78, 5) is 0. The van der Waals surface area contributed by atoms with Gasteiger partial charge in [0.25, 0.3) is 0 Å². The zero-order valence-electron chi connectivity index (χ0n) is 18.8. The van der Waals surface area contributed by atoms with E-state index in [1.165, 1.54) is 70.6 Å².